The number of carbonyl (C=O) groups excluding carboxylic acids is 4. The molecule has 164 valence electrons. The second-order valence-corrected chi connectivity index (χ2v) is 8.69. The van der Waals surface area contributed by atoms with Gasteiger partial charge in [-0.1, -0.05) is 29.8 Å². The van der Waals surface area contributed by atoms with Crippen molar-refractivity contribution in [3.63, 3.8) is 0 Å². The Hall–Kier alpha value is -3.32. The van der Waals surface area contributed by atoms with Gasteiger partial charge >= 0.3 is 0 Å². The Kier molecular flexibility index (Phi) is 4.93. The molecule has 0 saturated carbocycles. The third kappa shape index (κ3) is 2.99. The molecule has 32 heavy (non-hydrogen) atoms. The van der Waals surface area contributed by atoms with E-state index < -0.39 is 17.8 Å². The number of aliphatic hydroxyl groups is 1. The summed E-state index contributed by atoms with van der Waals surface area (Å²) in [5, 5.41) is 11.7. The van der Waals surface area contributed by atoms with E-state index in [0.717, 1.165) is 5.57 Å². The van der Waals surface area contributed by atoms with Gasteiger partial charge in [0, 0.05) is 28.2 Å². The number of hydrogen-bond donors (Lipinski definition) is 2. The van der Waals surface area contributed by atoms with Crippen LogP contribution in [0.2, 0.25) is 0 Å². The molecular formula is C25H23NO6. The van der Waals surface area contributed by atoms with E-state index in [-0.39, 0.29) is 48.9 Å². The van der Waals surface area contributed by atoms with E-state index in [4.69, 9.17) is 4.74 Å². The molecule has 4 atom stereocenters. The highest BCUT2D eigenvalue weighted by molar-refractivity contribution is 6.23. The van der Waals surface area contributed by atoms with Crippen molar-refractivity contribution >= 4 is 23.4 Å². The number of imide groups is 1. The molecule has 5 rings (SSSR count). The van der Waals surface area contributed by atoms with Crippen LogP contribution in [0.1, 0.15) is 31.2 Å². The van der Waals surface area contributed by atoms with Crippen LogP contribution in [0.5, 0.6) is 5.75 Å². The van der Waals surface area contributed by atoms with Crippen molar-refractivity contribution in [2.45, 2.75) is 25.7 Å². The van der Waals surface area contributed by atoms with Gasteiger partial charge in [-0.05, 0) is 37.8 Å². The van der Waals surface area contributed by atoms with Gasteiger partial charge in [0.15, 0.2) is 11.6 Å². The summed E-state index contributed by atoms with van der Waals surface area (Å²) in [6, 6.07) is 7.26. The van der Waals surface area contributed by atoms with Crippen LogP contribution in [0.25, 0.3) is 0 Å². The standard InChI is InChI=1S/C25H23NO6/c1-12-10-18(28)17-11-16-13(6-7-15-21(16)25(31)26-24(15)30)20(22(17)23(12)29)14-4-2-3-5-19(14)32-9-8-27/h2-6,10,15-16,20-21,27H,7-9,11H2,1H3,(H,26,30,31). The Bertz CT molecular complexity index is 1160. The molecule has 7 heteroatoms. The van der Waals surface area contributed by atoms with E-state index in [2.05, 4.69) is 5.32 Å². The number of benzene rings is 1. The highest BCUT2D eigenvalue weighted by Gasteiger charge is 2.53. The largest absolute Gasteiger partial charge is 0.491 e. The fourth-order valence-electron chi connectivity index (χ4n) is 5.63. The fourth-order valence-corrected chi connectivity index (χ4v) is 5.63. The van der Waals surface area contributed by atoms with Crippen molar-refractivity contribution in [3.8, 4) is 5.75 Å². The molecule has 2 N–H and O–H groups in total. The zero-order valence-corrected chi connectivity index (χ0v) is 17.6. The predicted molar refractivity (Wildman–Crippen MR) is 113 cm³/mol. The highest BCUT2D eigenvalue weighted by Crippen LogP contribution is 2.55. The average molecular weight is 433 g/mol. The van der Waals surface area contributed by atoms with Crippen LogP contribution in [0.15, 0.2) is 58.7 Å². The maximum atomic E-state index is 13.3. The van der Waals surface area contributed by atoms with Gasteiger partial charge in [-0.2, -0.15) is 0 Å². The number of carbonyl (C=O) groups is 4. The number of amides is 2. The van der Waals surface area contributed by atoms with E-state index >= 15 is 0 Å². The monoisotopic (exact) mass is 433 g/mol. The molecule has 1 aromatic rings. The van der Waals surface area contributed by atoms with Crippen LogP contribution < -0.4 is 10.1 Å². The minimum atomic E-state index is -0.556. The van der Waals surface area contributed by atoms with Gasteiger partial charge in [0.25, 0.3) is 0 Å². The molecule has 4 unspecified atom stereocenters. The first-order chi connectivity index (χ1) is 15.4. The molecule has 1 saturated heterocycles. The molecular weight excluding hydrogens is 410 g/mol. The van der Waals surface area contributed by atoms with Crippen molar-refractivity contribution in [1.29, 1.82) is 0 Å². The number of nitrogens with one attached hydrogen (secondary N) is 1. The minimum absolute atomic E-state index is 0.0888. The van der Waals surface area contributed by atoms with Crippen LogP contribution in [-0.4, -0.2) is 41.7 Å². The first kappa shape index (κ1) is 20.6. The molecule has 4 aliphatic rings. The predicted octanol–water partition coefficient (Wildman–Crippen LogP) is 1.77. The van der Waals surface area contributed by atoms with Crippen molar-refractivity contribution < 1.29 is 29.0 Å². The van der Waals surface area contributed by atoms with E-state index in [1.165, 1.54) is 6.08 Å². The number of aliphatic hydroxyl groups excluding tert-OH is 1. The van der Waals surface area contributed by atoms with Gasteiger partial charge in [-0.25, -0.2) is 0 Å². The Morgan fingerprint density at radius 3 is 2.66 bits per heavy atom. The van der Waals surface area contributed by atoms with Gasteiger partial charge in [0.05, 0.1) is 18.4 Å². The van der Waals surface area contributed by atoms with Crippen LogP contribution >= 0.6 is 0 Å². The second-order valence-electron chi connectivity index (χ2n) is 8.69. The lowest BCUT2D eigenvalue weighted by atomic mass is 9.59. The Balaban J connectivity index is 1.71. The third-order valence-corrected chi connectivity index (χ3v) is 6.99. The van der Waals surface area contributed by atoms with Crippen LogP contribution in [-0.2, 0) is 19.2 Å². The lowest BCUT2D eigenvalue weighted by Gasteiger charge is -2.42. The molecule has 3 aliphatic carbocycles. The van der Waals surface area contributed by atoms with Crippen molar-refractivity contribution in [2.75, 3.05) is 13.2 Å². The average Bonchev–Trinajstić information content (AvgIpc) is 3.08. The number of ketones is 2. The van der Waals surface area contributed by atoms with E-state index in [1.54, 1.807) is 19.1 Å². The number of Topliss-reactive ketones (excluding diaryl/α,β-unsaturated/α-hetero) is 1. The summed E-state index contributed by atoms with van der Waals surface area (Å²) in [6.07, 6.45) is 3.99. The molecule has 1 aromatic carbocycles. The number of rotatable bonds is 4. The van der Waals surface area contributed by atoms with Gasteiger partial charge in [0.1, 0.15) is 12.4 Å². The molecule has 1 fully saturated rings. The molecule has 0 aromatic heterocycles. The maximum absolute atomic E-state index is 13.3. The first-order valence-electron chi connectivity index (χ1n) is 10.8. The van der Waals surface area contributed by atoms with Crippen molar-refractivity contribution in [1.82, 2.24) is 5.32 Å². The number of allylic oxidation sites excluding steroid dienone is 6. The highest BCUT2D eigenvalue weighted by atomic mass is 16.5. The quantitative estimate of drug-likeness (QED) is 0.426. The zero-order valence-electron chi connectivity index (χ0n) is 17.6. The second kappa shape index (κ2) is 7.67. The maximum Gasteiger partial charge on any atom is 0.231 e. The van der Waals surface area contributed by atoms with Gasteiger partial charge in [0.2, 0.25) is 11.8 Å². The van der Waals surface area contributed by atoms with Crippen LogP contribution in [0.3, 0.4) is 0 Å². The van der Waals surface area contributed by atoms with Crippen LogP contribution in [0.4, 0.5) is 0 Å². The number of hydrogen-bond acceptors (Lipinski definition) is 6. The van der Waals surface area contributed by atoms with Gasteiger partial charge in [-0.3, -0.25) is 24.5 Å². The smallest absolute Gasteiger partial charge is 0.231 e. The van der Waals surface area contributed by atoms with Crippen molar-refractivity contribution in [3.05, 3.63) is 64.3 Å². The fraction of sp³-hybridized carbons (Fsp3) is 0.360. The number of para-hydroxylation sites is 1. The van der Waals surface area contributed by atoms with E-state index in [0.29, 0.717) is 34.5 Å². The van der Waals surface area contributed by atoms with E-state index in [1.807, 2.05) is 18.2 Å². The van der Waals surface area contributed by atoms with Crippen LogP contribution in [0, 0.1) is 17.8 Å². The Labute approximate surface area is 184 Å². The lowest BCUT2D eigenvalue weighted by molar-refractivity contribution is -0.126. The molecule has 0 radical (unpaired) electrons. The lowest BCUT2D eigenvalue weighted by Crippen LogP contribution is -2.39. The zero-order chi connectivity index (χ0) is 22.6. The number of ether oxygens (including phenoxy) is 1. The molecule has 1 aliphatic heterocycles. The topological polar surface area (TPSA) is 110 Å². The molecule has 2 amide bonds. The van der Waals surface area contributed by atoms with Gasteiger partial charge < -0.3 is 9.84 Å². The first-order valence-corrected chi connectivity index (χ1v) is 10.8. The minimum Gasteiger partial charge on any atom is -0.491 e. The Morgan fingerprint density at radius 2 is 1.88 bits per heavy atom. The number of fused-ring (bicyclic) bond motifs is 3. The molecule has 0 spiro atoms. The summed E-state index contributed by atoms with van der Waals surface area (Å²) >= 11 is 0. The summed E-state index contributed by atoms with van der Waals surface area (Å²) < 4.78 is 5.77. The molecule has 0 bridgehead atoms. The van der Waals surface area contributed by atoms with E-state index in [9.17, 15) is 24.3 Å². The Morgan fingerprint density at radius 1 is 1.09 bits per heavy atom. The summed E-state index contributed by atoms with van der Waals surface area (Å²) in [5.41, 5.74) is 2.82. The summed E-state index contributed by atoms with van der Waals surface area (Å²) in [7, 11) is 0. The summed E-state index contributed by atoms with van der Waals surface area (Å²) in [6.45, 7) is 1.56. The third-order valence-electron chi connectivity index (χ3n) is 6.99. The molecule has 7 nitrogen and oxygen atoms in total. The summed E-state index contributed by atoms with van der Waals surface area (Å²) in [4.78, 5) is 51.3. The SMILES string of the molecule is CC1=CC(=O)C2=C(C1=O)C(c1ccccc1OCCO)C1=CCC3C(=O)NC(=O)C3C1C2. The molecule has 1 heterocycles. The van der Waals surface area contributed by atoms with Gasteiger partial charge in [-0.15, -0.1) is 0 Å². The normalized spacial score (nSPS) is 29.1. The van der Waals surface area contributed by atoms with Crippen molar-refractivity contribution in [2.24, 2.45) is 17.8 Å². The summed E-state index contributed by atoms with van der Waals surface area (Å²) in [5.74, 6) is -2.39.